The van der Waals surface area contributed by atoms with E-state index in [-0.39, 0.29) is 11.8 Å². The third kappa shape index (κ3) is 4.03. The monoisotopic (exact) mass is 468 g/mol. The summed E-state index contributed by atoms with van der Waals surface area (Å²) >= 11 is 13.8. The molecule has 1 aliphatic heterocycles. The zero-order chi connectivity index (χ0) is 21.4. The molecule has 2 aliphatic rings. The summed E-state index contributed by atoms with van der Waals surface area (Å²) in [5.74, 6) is -2.19. The van der Waals surface area contributed by atoms with Crippen molar-refractivity contribution in [3.63, 3.8) is 0 Å². The minimum Gasteiger partial charge on any atom is -0.481 e. The van der Waals surface area contributed by atoms with Crippen LogP contribution in [-0.2, 0) is 9.59 Å². The number of amides is 2. The Morgan fingerprint density at radius 3 is 2.27 bits per heavy atom. The molecule has 2 heterocycles. The number of nitrogens with zero attached hydrogens (tertiary/aromatic N) is 2. The van der Waals surface area contributed by atoms with Gasteiger partial charge >= 0.3 is 5.97 Å². The smallest absolute Gasteiger partial charge is 0.307 e. The van der Waals surface area contributed by atoms with Crippen LogP contribution in [0.4, 0.5) is 0 Å². The summed E-state index contributed by atoms with van der Waals surface area (Å²) in [7, 11) is 0. The number of halogens is 2. The molecule has 160 valence electrons. The van der Waals surface area contributed by atoms with E-state index in [0.717, 1.165) is 22.9 Å². The van der Waals surface area contributed by atoms with Crippen LogP contribution < -0.4 is 0 Å². The number of piperazine rings is 1. The van der Waals surface area contributed by atoms with Crippen LogP contribution in [0, 0.1) is 11.8 Å². The zero-order valence-electron chi connectivity index (χ0n) is 16.3. The first-order chi connectivity index (χ1) is 14.4. The fourth-order valence-corrected chi connectivity index (χ4v) is 6.16. The maximum Gasteiger partial charge on any atom is 0.307 e. The van der Waals surface area contributed by atoms with E-state index in [4.69, 9.17) is 23.2 Å². The van der Waals surface area contributed by atoms with Gasteiger partial charge in [-0.05, 0) is 25.0 Å². The van der Waals surface area contributed by atoms with Crippen LogP contribution in [0.1, 0.15) is 35.4 Å². The normalized spacial score (nSPS) is 22.3. The van der Waals surface area contributed by atoms with Crippen molar-refractivity contribution in [1.82, 2.24) is 9.80 Å². The van der Waals surface area contributed by atoms with Gasteiger partial charge in [-0.2, -0.15) is 0 Å². The Balaban J connectivity index is 1.43. The second kappa shape index (κ2) is 8.73. The first-order valence-electron chi connectivity index (χ1n) is 10.0. The average molecular weight is 469 g/mol. The molecule has 30 heavy (non-hydrogen) atoms. The Labute approximate surface area is 188 Å². The van der Waals surface area contributed by atoms with Gasteiger partial charge in [-0.1, -0.05) is 42.1 Å². The molecule has 0 bridgehead atoms. The van der Waals surface area contributed by atoms with Gasteiger partial charge in [-0.25, -0.2) is 0 Å². The number of thiophene rings is 1. The molecule has 1 saturated carbocycles. The van der Waals surface area contributed by atoms with Crippen molar-refractivity contribution in [3.8, 4) is 0 Å². The molecule has 1 saturated heterocycles. The molecule has 0 unspecified atom stereocenters. The molecule has 1 N–H and O–H groups in total. The number of fused-ring (bicyclic) bond motifs is 1. The molecule has 2 fully saturated rings. The van der Waals surface area contributed by atoms with E-state index in [1.165, 1.54) is 11.3 Å². The zero-order valence-corrected chi connectivity index (χ0v) is 18.6. The van der Waals surface area contributed by atoms with E-state index in [1.807, 2.05) is 6.07 Å². The predicted octanol–water partition coefficient (Wildman–Crippen LogP) is 4.38. The summed E-state index contributed by atoms with van der Waals surface area (Å²) in [6.07, 6.45) is 2.91. The van der Waals surface area contributed by atoms with Crippen LogP contribution in [-0.4, -0.2) is 58.9 Å². The van der Waals surface area contributed by atoms with Gasteiger partial charge in [0.1, 0.15) is 4.88 Å². The number of carboxylic acids is 1. The van der Waals surface area contributed by atoms with Crippen molar-refractivity contribution in [1.29, 1.82) is 0 Å². The molecule has 9 heteroatoms. The number of aliphatic carboxylic acids is 1. The second-order valence-electron chi connectivity index (χ2n) is 7.84. The summed E-state index contributed by atoms with van der Waals surface area (Å²) in [4.78, 5) is 41.4. The molecular formula is C21H22Cl2N2O4S. The summed E-state index contributed by atoms with van der Waals surface area (Å²) < 4.78 is 0.863. The lowest BCUT2D eigenvalue weighted by molar-refractivity contribution is -0.152. The van der Waals surface area contributed by atoms with Crippen molar-refractivity contribution in [2.24, 2.45) is 11.8 Å². The van der Waals surface area contributed by atoms with Crippen molar-refractivity contribution in [3.05, 3.63) is 33.1 Å². The number of carboxylic acid groups (broad SMARTS) is 1. The van der Waals surface area contributed by atoms with Crippen molar-refractivity contribution >= 4 is 62.4 Å². The number of rotatable bonds is 3. The first-order valence-corrected chi connectivity index (χ1v) is 11.6. The lowest BCUT2D eigenvalue weighted by Crippen LogP contribution is -2.53. The molecule has 2 amide bonds. The number of benzene rings is 1. The second-order valence-corrected chi connectivity index (χ2v) is 9.71. The van der Waals surface area contributed by atoms with Crippen LogP contribution in [0.25, 0.3) is 10.1 Å². The Morgan fingerprint density at radius 1 is 0.967 bits per heavy atom. The van der Waals surface area contributed by atoms with E-state index in [1.54, 1.807) is 21.9 Å². The number of hydrogen-bond acceptors (Lipinski definition) is 4. The van der Waals surface area contributed by atoms with Crippen LogP contribution in [0.5, 0.6) is 0 Å². The maximum atomic E-state index is 13.0. The summed E-state index contributed by atoms with van der Waals surface area (Å²) in [6.45, 7) is 1.62. The molecular weight excluding hydrogens is 447 g/mol. The number of hydrogen-bond donors (Lipinski definition) is 1. The highest BCUT2D eigenvalue weighted by Crippen LogP contribution is 2.37. The molecule has 2 aromatic rings. The average Bonchev–Trinajstić information content (AvgIpc) is 3.08. The highest BCUT2D eigenvalue weighted by atomic mass is 35.5. The van der Waals surface area contributed by atoms with Gasteiger partial charge < -0.3 is 14.9 Å². The molecule has 0 spiro atoms. The highest BCUT2D eigenvalue weighted by Gasteiger charge is 2.39. The van der Waals surface area contributed by atoms with Gasteiger partial charge in [0, 0.05) is 41.3 Å². The van der Waals surface area contributed by atoms with Crippen LogP contribution in [0.15, 0.2) is 18.2 Å². The minimum atomic E-state index is -0.888. The lowest BCUT2D eigenvalue weighted by atomic mass is 9.78. The van der Waals surface area contributed by atoms with Gasteiger partial charge in [-0.3, -0.25) is 14.4 Å². The van der Waals surface area contributed by atoms with E-state index in [2.05, 4.69) is 0 Å². The van der Waals surface area contributed by atoms with Crippen LogP contribution >= 0.6 is 34.5 Å². The molecule has 6 nitrogen and oxygen atoms in total. The number of carbonyl (C=O) groups excluding carboxylic acids is 2. The summed E-state index contributed by atoms with van der Waals surface area (Å²) in [6, 6.07) is 5.35. The Morgan fingerprint density at radius 2 is 1.60 bits per heavy atom. The van der Waals surface area contributed by atoms with Gasteiger partial charge in [0.2, 0.25) is 5.91 Å². The quantitative estimate of drug-likeness (QED) is 0.724. The van der Waals surface area contributed by atoms with Crippen LogP contribution in [0.2, 0.25) is 10.0 Å². The minimum absolute atomic E-state index is 0.0938. The molecule has 4 rings (SSSR count). The Hall–Kier alpha value is -1.83. The van der Waals surface area contributed by atoms with Gasteiger partial charge in [0.15, 0.2) is 0 Å². The fourth-order valence-electron chi connectivity index (χ4n) is 4.41. The fraction of sp³-hybridized carbons (Fsp3) is 0.476. The third-order valence-electron chi connectivity index (χ3n) is 6.06. The van der Waals surface area contributed by atoms with Crippen molar-refractivity contribution < 1.29 is 19.5 Å². The van der Waals surface area contributed by atoms with E-state index in [0.29, 0.717) is 53.9 Å². The van der Waals surface area contributed by atoms with Gasteiger partial charge in [0.25, 0.3) is 5.91 Å². The highest BCUT2D eigenvalue weighted by molar-refractivity contribution is 7.21. The lowest BCUT2D eigenvalue weighted by Gasteiger charge is -2.38. The molecule has 2 atom stereocenters. The Kier molecular flexibility index (Phi) is 6.23. The van der Waals surface area contributed by atoms with Gasteiger partial charge in [0.05, 0.1) is 16.9 Å². The maximum absolute atomic E-state index is 13.0. The summed E-state index contributed by atoms with van der Waals surface area (Å²) in [5, 5.41) is 11.3. The molecule has 0 radical (unpaired) electrons. The van der Waals surface area contributed by atoms with Gasteiger partial charge in [-0.15, -0.1) is 11.3 Å². The Bertz CT molecular complexity index is 1000. The standard InChI is InChI=1S/C21H22Cl2N2O4S/c22-12-5-6-15-16(11-12)30-18(17(15)23)20(27)25-9-7-24(8-10-25)19(26)13-3-1-2-4-14(13)21(28)29/h5-6,11,13-14H,1-4,7-10H2,(H,28,29)/t13-,14-/m0/s1. The molecule has 1 aliphatic carbocycles. The number of carbonyl (C=O) groups is 3. The third-order valence-corrected chi connectivity index (χ3v) is 7.94. The topological polar surface area (TPSA) is 77.9 Å². The first kappa shape index (κ1) is 21.4. The van der Waals surface area contributed by atoms with Crippen molar-refractivity contribution in [2.45, 2.75) is 25.7 Å². The van der Waals surface area contributed by atoms with E-state index in [9.17, 15) is 19.5 Å². The van der Waals surface area contributed by atoms with E-state index >= 15 is 0 Å². The molecule has 1 aromatic heterocycles. The predicted molar refractivity (Wildman–Crippen MR) is 117 cm³/mol. The van der Waals surface area contributed by atoms with Crippen molar-refractivity contribution in [2.75, 3.05) is 26.2 Å². The van der Waals surface area contributed by atoms with E-state index < -0.39 is 17.8 Å². The summed E-state index contributed by atoms with van der Waals surface area (Å²) in [5.41, 5.74) is 0. The molecule has 1 aromatic carbocycles. The van der Waals surface area contributed by atoms with Crippen LogP contribution in [0.3, 0.4) is 0 Å². The SMILES string of the molecule is O=C(O)[C@H]1CCCC[C@@H]1C(=O)N1CCN(C(=O)c2sc3cc(Cl)ccc3c2Cl)CC1. The largest absolute Gasteiger partial charge is 0.481 e.